The van der Waals surface area contributed by atoms with E-state index >= 15 is 0 Å². The molecule has 2 amide bonds. The van der Waals surface area contributed by atoms with E-state index in [0.29, 0.717) is 31.5 Å². The molecule has 2 fully saturated rings. The lowest BCUT2D eigenvalue weighted by Crippen LogP contribution is -2.44. The molecule has 0 aromatic carbocycles. The highest BCUT2D eigenvalue weighted by molar-refractivity contribution is 7.09. The van der Waals surface area contributed by atoms with E-state index in [1.165, 1.54) is 0 Å². The van der Waals surface area contributed by atoms with Gasteiger partial charge in [-0.2, -0.15) is 0 Å². The van der Waals surface area contributed by atoms with Crippen LogP contribution in [0.4, 0.5) is 0 Å². The summed E-state index contributed by atoms with van der Waals surface area (Å²) in [6.07, 6.45) is 4.63. The molecule has 4 unspecified atom stereocenters. The van der Waals surface area contributed by atoms with E-state index in [0.717, 1.165) is 30.9 Å². The number of nitrogens with one attached hydrogen (secondary N) is 1. The molecule has 6 nitrogen and oxygen atoms in total. The lowest BCUT2D eigenvalue weighted by atomic mass is 9.77. The highest BCUT2D eigenvalue weighted by atomic mass is 32.1. The van der Waals surface area contributed by atoms with Crippen LogP contribution < -0.4 is 5.32 Å². The molecule has 0 saturated carbocycles. The van der Waals surface area contributed by atoms with Crippen molar-refractivity contribution in [2.45, 2.75) is 52.4 Å². The molecule has 4 atom stereocenters. The summed E-state index contributed by atoms with van der Waals surface area (Å²) in [4.78, 5) is 31.9. The molecule has 2 bridgehead atoms. The largest absolute Gasteiger partial charge is 0.360 e. The van der Waals surface area contributed by atoms with E-state index in [2.05, 4.69) is 37.9 Å². The third kappa shape index (κ3) is 4.80. The van der Waals surface area contributed by atoms with Crippen LogP contribution in [-0.2, 0) is 20.9 Å². The third-order valence-corrected chi connectivity index (χ3v) is 7.47. The average Bonchev–Trinajstić information content (AvgIpc) is 3.47. The summed E-state index contributed by atoms with van der Waals surface area (Å²) < 4.78 is 6.23. The fraction of sp³-hybridized carbons (Fsp3) is 0.680. The zero-order valence-corrected chi connectivity index (χ0v) is 20.6. The van der Waals surface area contributed by atoms with Crippen LogP contribution in [-0.4, -0.2) is 66.0 Å². The van der Waals surface area contributed by atoms with Crippen LogP contribution in [0, 0.1) is 23.7 Å². The molecule has 32 heavy (non-hydrogen) atoms. The Bertz CT molecular complexity index is 827. The fourth-order valence-electron chi connectivity index (χ4n) is 5.52. The molecule has 2 saturated heterocycles. The molecular formula is C25H37N3O3S. The summed E-state index contributed by atoms with van der Waals surface area (Å²) in [7, 11) is 0. The van der Waals surface area contributed by atoms with Crippen molar-refractivity contribution in [2.75, 3.05) is 32.7 Å². The second kappa shape index (κ2) is 9.65. The topological polar surface area (TPSA) is 61.9 Å². The van der Waals surface area contributed by atoms with Gasteiger partial charge in [0, 0.05) is 24.5 Å². The summed E-state index contributed by atoms with van der Waals surface area (Å²) in [5, 5.41) is 5.14. The summed E-state index contributed by atoms with van der Waals surface area (Å²) in [5.74, 6) is 0.424. The first-order valence-electron chi connectivity index (χ1n) is 12.0. The second-order valence-corrected chi connectivity index (χ2v) is 11.4. The Labute approximate surface area is 196 Å². The quantitative estimate of drug-likeness (QED) is 0.408. The highest BCUT2D eigenvalue weighted by Crippen LogP contribution is 2.52. The zero-order valence-electron chi connectivity index (χ0n) is 19.8. The molecule has 4 rings (SSSR count). The van der Waals surface area contributed by atoms with Gasteiger partial charge in [0.15, 0.2) is 0 Å². The Morgan fingerprint density at radius 1 is 1.31 bits per heavy atom. The normalized spacial score (nSPS) is 28.5. The van der Waals surface area contributed by atoms with Crippen molar-refractivity contribution >= 4 is 23.2 Å². The van der Waals surface area contributed by atoms with Crippen LogP contribution in [0.2, 0.25) is 0 Å². The van der Waals surface area contributed by atoms with Gasteiger partial charge < -0.3 is 19.9 Å². The molecule has 1 N–H and O–H groups in total. The van der Waals surface area contributed by atoms with Crippen molar-refractivity contribution in [2.24, 2.45) is 23.7 Å². The fourth-order valence-corrected chi connectivity index (χ4v) is 6.24. The van der Waals surface area contributed by atoms with Crippen LogP contribution in [0.25, 0.3) is 0 Å². The number of rotatable bonds is 11. The maximum absolute atomic E-state index is 13.3. The zero-order chi connectivity index (χ0) is 22.9. The summed E-state index contributed by atoms with van der Waals surface area (Å²) in [5.41, 5.74) is -0.633. The molecule has 7 heteroatoms. The molecular weight excluding hydrogens is 422 g/mol. The Balaban J connectivity index is 1.32. The van der Waals surface area contributed by atoms with E-state index in [9.17, 15) is 9.59 Å². The minimum atomic E-state index is -0.633. The number of hydrogen-bond donors (Lipinski definition) is 1. The number of nitrogens with zero attached hydrogens (tertiary/aromatic N) is 2. The smallest absolute Gasteiger partial charge is 0.230 e. The molecule has 176 valence electrons. The maximum Gasteiger partial charge on any atom is 0.230 e. The van der Waals surface area contributed by atoms with Crippen molar-refractivity contribution in [3.63, 3.8) is 0 Å². The minimum Gasteiger partial charge on any atom is -0.360 e. The number of fused-ring (bicyclic) bond motifs is 1. The van der Waals surface area contributed by atoms with E-state index in [1.54, 1.807) is 11.3 Å². The number of carbonyl (C=O) groups is 2. The SMILES string of the molecule is CC(C)CN(CCCNC(=O)C1C2C=CC3(CN(Cc4cccs4)C(=O)C13)O2)CC(C)C. The number of likely N-dealkylation sites (tertiary alicyclic amines) is 1. The number of amides is 2. The van der Waals surface area contributed by atoms with Crippen molar-refractivity contribution in [3.8, 4) is 0 Å². The van der Waals surface area contributed by atoms with Crippen LogP contribution in [0.1, 0.15) is 39.0 Å². The monoisotopic (exact) mass is 459 g/mol. The van der Waals surface area contributed by atoms with Crippen molar-refractivity contribution in [1.82, 2.24) is 15.1 Å². The Kier molecular flexibility index (Phi) is 7.08. The van der Waals surface area contributed by atoms with Crippen molar-refractivity contribution in [3.05, 3.63) is 34.5 Å². The number of thiophene rings is 1. The van der Waals surface area contributed by atoms with E-state index < -0.39 is 17.4 Å². The predicted molar refractivity (Wildman–Crippen MR) is 127 cm³/mol. The maximum atomic E-state index is 13.3. The molecule has 3 aliphatic rings. The summed E-state index contributed by atoms with van der Waals surface area (Å²) in [6, 6.07) is 4.05. The van der Waals surface area contributed by atoms with E-state index in [4.69, 9.17) is 4.74 Å². The van der Waals surface area contributed by atoms with Gasteiger partial charge in [0.2, 0.25) is 11.8 Å². The van der Waals surface area contributed by atoms with Gasteiger partial charge in [0.1, 0.15) is 5.60 Å². The van der Waals surface area contributed by atoms with Gasteiger partial charge in [-0.05, 0) is 36.2 Å². The molecule has 0 aliphatic carbocycles. The first-order valence-corrected chi connectivity index (χ1v) is 12.9. The van der Waals surface area contributed by atoms with Gasteiger partial charge in [-0.15, -0.1) is 11.3 Å². The van der Waals surface area contributed by atoms with Gasteiger partial charge in [0.25, 0.3) is 0 Å². The predicted octanol–water partition coefficient (Wildman–Crippen LogP) is 3.15. The second-order valence-electron chi connectivity index (χ2n) is 10.4. The molecule has 3 aliphatic heterocycles. The van der Waals surface area contributed by atoms with Crippen LogP contribution in [0.5, 0.6) is 0 Å². The molecule has 1 spiro atoms. The lowest BCUT2D eigenvalue weighted by molar-refractivity contribution is -0.137. The van der Waals surface area contributed by atoms with Crippen LogP contribution in [0.15, 0.2) is 29.7 Å². The number of hydrogen-bond acceptors (Lipinski definition) is 5. The minimum absolute atomic E-state index is 0.0446. The van der Waals surface area contributed by atoms with Crippen LogP contribution in [0.3, 0.4) is 0 Å². The highest BCUT2D eigenvalue weighted by Gasteiger charge is 2.66. The Hall–Kier alpha value is -1.70. The summed E-state index contributed by atoms with van der Waals surface area (Å²) >= 11 is 1.65. The molecule has 1 aromatic heterocycles. The lowest BCUT2D eigenvalue weighted by Gasteiger charge is -2.26. The van der Waals surface area contributed by atoms with Gasteiger partial charge in [-0.1, -0.05) is 45.9 Å². The first kappa shape index (κ1) is 23.5. The van der Waals surface area contributed by atoms with Crippen molar-refractivity contribution < 1.29 is 14.3 Å². The molecule has 0 radical (unpaired) electrons. The average molecular weight is 460 g/mol. The van der Waals surface area contributed by atoms with E-state index in [-0.39, 0.29) is 17.9 Å². The first-order chi connectivity index (χ1) is 15.3. The van der Waals surface area contributed by atoms with Crippen LogP contribution >= 0.6 is 11.3 Å². The number of ether oxygens (including phenoxy) is 1. The standard InChI is InChI=1S/C25H37N3O3S/c1-17(2)13-27(14-18(3)4)11-6-10-26-23(29)21-20-8-9-25(31-20)16-28(24(30)22(21)25)15-19-7-5-12-32-19/h5,7-9,12,17-18,20-22H,6,10-11,13-16H2,1-4H3,(H,26,29). The molecule has 1 aromatic rings. The Morgan fingerprint density at radius 3 is 2.72 bits per heavy atom. The third-order valence-electron chi connectivity index (χ3n) is 6.61. The van der Waals surface area contributed by atoms with Gasteiger partial charge in [-0.3, -0.25) is 9.59 Å². The van der Waals surface area contributed by atoms with Crippen molar-refractivity contribution in [1.29, 1.82) is 0 Å². The van der Waals surface area contributed by atoms with Gasteiger partial charge in [0.05, 0.1) is 31.0 Å². The molecule has 4 heterocycles. The van der Waals surface area contributed by atoms with Gasteiger partial charge >= 0.3 is 0 Å². The van der Waals surface area contributed by atoms with Gasteiger partial charge in [-0.25, -0.2) is 0 Å². The summed E-state index contributed by atoms with van der Waals surface area (Å²) in [6.45, 7) is 13.9. The number of carbonyl (C=O) groups excluding carboxylic acids is 2. The van der Waals surface area contributed by atoms with E-state index in [1.807, 2.05) is 34.6 Å². The Morgan fingerprint density at radius 2 is 2.06 bits per heavy atom.